The number of rotatable bonds is 3. The second-order valence-corrected chi connectivity index (χ2v) is 9.51. The van der Waals surface area contributed by atoms with Gasteiger partial charge in [-0.25, -0.2) is 4.98 Å². The lowest BCUT2D eigenvalue weighted by Gasteiger charge is -2.34. The number of pyridine rings is 1. The predicted octanol–water partition coefficient (Wildman–Crippen LogP) is 4.06. The van der Waals surface area contributed by atoms with Gasteiger partial charge in [0.15, 0.2) is 0 Å². The minimum atomic E-state index is 0.0447. The van der Waals surface area contributed by atoms with Crippen molar-refractivity contribution in [3.63, 3.8) is 0 Å². The Morgan fingerprint density at radius 2 is 1.77 bits per heavy atom. The quantitative estimate of drug-likeness (QED) is 0.716. The molecule has 0 N–H and O–H groups in total. The monoisotopic (exact) mass is 442 g/mol. The van der Waals surface area contributed by atoms with Gasteiger partial charge in [-0.3, -0.25) is 4.79 Å². The van der Waals surface area contributed by atoms with Crippen molar-refractivity contribution < 1.29 is 4.79 Å². The van der Waals surface area contributed by atoms with Crippen LogP contribution in [0.15, 0.2) is 12.3 Å². The highest BCUT2D eigenvalue weighted by atomic mass is 35.5. The van der Waals surface area contributed by atoms with Gasteiger partial charge in [0.05, 0.1) is 10.6 Å². The molecule has 5 heterocycles. The van der Waals surface area contributed by atoms with Crippen molar-refractivity contribution in [2.24, 2.45) is 0 Å². The van der Waals surface area contributed by atoms with Crippen LogP contribution in [0.5, 0.6) is 0 Å². The highest BCUT2D eigenvalue weighted by Crippen LogP contribution is 2.33. The molecule has 1 amide bonds. The van der Waals surface area contributed by atoms with Crippen molar-refractivity contribution >= 4 is 23.3 Å². The average molecular weight is 443 g/mol. The third-order valence-corrected chi connectivity index (χ3v) is 7.21. The lowest BCUT2D eigenvalue weighted by Crippen LogP contribution is -2.37. The van der Waals surface area contributed by atoms with Crippen LogP contribution >= 0.6 is 11.6 Å². The third-order valence-electron chi connectivity index (χ3n) is 6.94. The van der Waals surface area contributed by atoms with Crippen molar-refractivity contribution in [2.45, 2.75) is 70.3 Å². The predicted molar refractivity (Wildman–Crippen MR) is 121 cm³/mol. The second kappa shape index (κ2) is 9.15. The van der Waals surface area contributed by atoms with Gasteiger partial charge in [-0.05, 0) is 51.0 Å². The van der Waals surface area contributed by atoms with E-state index in [2.05, 4.69) is 24.6 Å². The lowest BCUT2D eigenvalue weighted by molar-refractivity contribution is 0.0724. The largest absolute Gasteiger partial charge is 0.355 e. The van der Waals surface area contributed by atoms with Crippen LogP contribution in [-0.2, 0) is 13.0 Å². The van der Waals surface area contributed by atoms with E-state index in [1.165, 1.54) is 25.7 Å². The molecule has 8 heteroatoms. The van der Waals surface area contributed by atoms with Crippen molar-refractivity contribution in [1.82, 2.24) is 24.6 Å². The van der Waals surface area contributed by atoms with Crippen molar-refractivity contribution in [3.8, 4) is 0 Å². The van der Waals surface area contributed by atoms with E-state index >= 15 is 0 Å². The minimum Gasteiger partial charge on any atom is -0.355 e. The Morgan fingerprint density at radius 1 is 0.968 bits per heavy atom. The summed E-state index contributed by atoms with van der Waals surface area (Å²) in [5, 5.41) is 9.64. The molecule has 0 aliphatic carbocycles. The fourth-order valence-electron chi connectivity index (χ4n) is 5.25. The molecular formula is C23H31ClN6O. The Bertz CT molecular complexity index is 938. The number of fused-ring (bicyclic) bond motifs is 1. The molecular weight excluding hydrogens is 412 g/mol. The summed E-state index contributed by atoms with van der Waals surface area (Å²) in [5.74, 6) is 3.41. The molecule has 0 radical (unpaired) electrons. The number of hydrogen-bond donors (Lipinski definition) is 0. The normalized spacial score (nSPS) is 22.2. The first-order valence-corrected chi connectivity index (χ1v) is 12.2. The number of hydrogen-bond acceptors (Lipinski definition) is 5. The molecule has 0 spiro atoms. The molecule has 1 atom stereocenters. The summed E-state index contributed by atoms with van der Waals surface area (Å²) in [5.41, 5.74) is 0.590. The lowest BCUT2D eigenvalue weighted by atomic mass is 9.97. The van der Waals surface area contributed by atoms with Crippen LogP contribution in [0.25, 0.3) is 0 Å². The molecule has 2 aromatic heterocycles. The van der Waals surface area contributed by atoms with Crippen LogP contribution in [0, 0.1) is 0 Å². The van der Waals surface area contributed by atoms with Gasteiger partial charge >= 0.3 is 0 Å². The van der Waals surface area contributed by atoms with E-state index in [4.69, 9.17) is 11.6 Å². The van der Waals surface area contributed by atoms with Gasteiger partial charge in [-0.2, -0.15) is 0 Å². The number of likely N-dealkylation sites (tertiary alicyclic amines) is 1. The molecule has 0 bridgehead atoms. The topological polar surface area (TPSA) is 67.2 Å². The molecule has 3 aliphatic rings. The summed E-state index contributed by atoms with van der Waals surface area (Å²) in [4.78, 5) is 21.6. The molecule has 166 valence electrons. The molecule has 7 nitrogen and oxygen atoms in total. The first kappa shape index (κ1) is 20.7. The highest BCUT2D eigenvalue weighted by molar-refractivity contribution is 6.33. The van der Waals surface area contributed by atoms with E-state index in [9.17, 15) is 4.79 Å². The van der Waals surface area contributed by atoms with Crippen molar-refractivity contribution in [3.05, 3.63) is 34.5 Å². The van der Waals surface area contributed by atoms with Crippen LogP contribution in [0.2, 0.25) is 5.02 Å². The summed E-state index contributed by atoms with van der Waals surface area (Å²) in [7, 11) is 0. The fourth-order valence-corrected chi connectivity index (χ4v) is 5.54. The number of aryl methyl sites for hydroxylation is 1. The minimum absolute atomic E-state index is 0.0447. The zero-order valence-electron chi connectivity index (χ0n) is 18.1. The highest BCUT2D eigenvalue weighted by Gasteiger charge is 2.29. The van der Waals surface area contributed by atoms with Crippen molar-refractivity contribution in [1.29, 1.82) is 0 Å². The SMILES string of the molecule is O=C(c1cnc(N2CCCC(c3nnc4n3CCCCC4)C2)c(Cl)c1)N1CCCCC1. The number of nitrogens with zero attached hydrogens (tertiary/aromatic N) is 6. The van der Waals surface area contributed by atoms with E-state index in [0.717, 1.165) is 82.3 Å². The Hall–Kier alpha value is -2.15. The third kappa shape index (κ3) is 4.29. The van der Waals surface area contributed by atoms with Crippen molar-refractivity contribution in [2.75, 3.05) is 31.1 Å². The number of amides is 1. The zero-order valence-corrected chi connectivity index (χ0v) is 18.9. The van der Waals surface area contributed by atoms with Crippen LogP contribution < -0.4 is 4.90 Å². The number of aromatic nitrogens is 4. The molecule has 31 heavy (non-hydrogen) atoms. The Morgan fingerprint density at radius 3 is 2.61 bits per heavy atom. The average Bonchev–Trinajstić information content (AvgIpc) is 3.07. The molecule has 0 aromatic carbocycles. The standard InChI is InChI=1S/C23H31ClN6O/c24-19-14-18(23(31)28-10-4-2-5-11-28)15-25-22(19)29-12-7-8-17(16-29)21-27-26-20-9-3-1-6-13-30(20)21/h14-15,17H,1-13,16H2. The number of carbonyl (C=O) groups excluding carboxylic acids is 1. The van der Waals surface area contributed by atoms with Crippen LogP contribution in [0.3, 0.4) is 0 Å². The van der Waals surface area contributed by atoms with E-state index in [0.29, 0.717) is 16.5 Å². The van der Waals surface area contributed by atoms with Crippen LogP contribution in [0.4, 0.5) is 5.82 Å². The molecule has 2 fully saturated rings. The summed E-state index contributed by atoms with van der Waals surface area (Å²) >= 11 is 6.65. The Labute approximate surface area is 188 Å². The fraction of sp³-hybridized carbons (Fsp3) is 0.652. The van der Waals surface area contributed by atoms with E-state index < -0.39 is 0 Å². The molecule has 2 saturated heterocycles. The van der Waals surface area contributed by atoms with Gasteiger partial charge in [-0.15, -0.1) is 10.2 Å². The number of piperidine rings is 2. The van der Waals surface area contributed by atoms with Gasteiger partial charge in [0.1, 0.15) is 17.5 Å². The summed E-state index contributed by atoms with van der Waals surface area (Å²) in [6.07, 6.45) is 11.9. The van der Waals surface area contributed by atoms with Gasteiger partial charge in [-0.1, -0.05) is 18.0 Å². The molecule has 5 rings (SSSR count). The number of anilines is 1. The maximum Gasteiger partial charge on any atom is 0.255 e. The van der Waals surface area contributed by atoms with E-state index in [1.807, 2.05) is 4.90 Å². The molecule has 1 unspecified atom stereocenters. The van der Waals surface area contributed by atoms with Crippen LogP contribution in [-0.4, -0.2) is 56.7 Å². The maximum absolute atomic E-state index is 12.8. The molecule has 0 saturated carbocycles. The van der Waals surface area contributed by atoms with Gasteiger partial charge in [0, 0.05) is 51.3 Å². The van der Waals surface area contributed by atoms with Gasteiger partial charge in [0.25, 0.3) is 5.91 Å². The first-order valence-electron chi connectivity index (χ1n) is 11.8. The first-order chi connectivity index (χ1) is 15.2. The second-order valence-electron chi connectivity index (χ2n) is 9.10. The summed E-state index contributed by atoms with van der Waals surface area (Å²) in [6, 6.07) is 1.80. The number of carbonyl (C=O) groups is 1. The van der Waals surface area contributed by atoms with Crippen LogP contribution in [0.1, 0.15) is 79.3 Å². The Balaban J connectivity index is 1.32. The van der Waals surface area contributed by atoms with E-state index in [-0.39, 0.29) is 5.91 Å². The Kier molecular flexibility index (Phi) is 6.12. The van der Waals surface area contributed by atoms with Gasteiger partial charge < -0.3 is 14.4 Å². The molecule has 3 aliphatic heterocycles. The van der Waals surface area contributed by atoms with E-state index in [1.54, 1.807) is 12.3 Å². The maximum atomic E-state index is 12.8. The number of halogens is 1. The van der Waals surface area contributed by atoms with Gasteiger partial charge in [0.2, 0.25) is 0 Å². The summed E-state index contributed by atoms with van der Waals surface area (Å²) in [6.45, 7) is 4.44. The summed E-state index contributed by atoms with van der Waals surface area (Å²) < 4.78 is 2.36. The molecule has 2 aromatic rings. The zero-order chi connectivity index (χ0) is 21.2. The smallest absolute Gasteiger partial charge is 0.255 e.